The van der Waals surface area contributed by atoms with Gasteiger partial charge in [0.05, 0.1) is 19.8 Å². The largest absolute Gasteiger partial charge is 0.493 e. The third-order valence-corrected chi connectivity index (χ3v) is 5.20. The third-order valence-electron chi connectivity index (χ3n) is 5.20. The number of aromatic carboxylic acids is 1. The van der Waals surface area contributed by atoms with E-state index in [-0.39, 0.29) is 11.5 Å². The van der Waals surface area contributed by atoms with E-state index in [2.05, 4.69) is 0 Å². The number of methoxy groups -OCH3 is 2. The van der Waals surface area contributed by atoms with Gasteiger partial charge in [-0.05, 0) is 42.0 Å². The molecule has 1 fully saturated rings. The Balaban J connectivity index is 1.71. The number of carbonyl (C=O) groups excluding carboxylic acids is 1. The molecule has 4 rings (SSSR count). The van der Waals surface area contributed by atoms with Gasteiger partial charge in [0, 0.05) is 11.8 Å². The van der Waals surface area contributed by atoms with E-state index >= 15 is 0 Å². The fourth-order valence-electron chi connectivity index (χ4n) is 3.63. The zero-order valence-corrected chi connectivity index (χ0v) is 17.0. The highest BCUT2D eigenvalue weighted by Gasteiger charge is 2.51. The molecule has 3 aromatic carbocycles. The molecule has 1 heterocycles. The molecular formula is C24H21NO6. The lowest BCUT2D eigenvalue weighted by Crippen LogP contribution is -2.61. The van der Waals surface area contributed by atoms with E-state index in [1.165, 1.54) is 19.2 Å². The Labute approximate surface area is 179 Å². The van der Waals surface area contributed by atoms with Crippen LogP contribution in [0.25, 0.3) is 0 Å². The van der Waals surface area contributed by atoms with E-state index in [1.54, 1.807) is 54.5 Å². The molecule has 7 heteroatoms. The second-order valence-electron chi connectivity index (χ2n) is 6.97. The van der Waals surface area contributed by atoms with E-state index in [0.717, 1.165) is 5.56 Å². The van der Waals surface area contributed by atoms with Crippen LogP contribution in [0.3, 0.4) is 0 Å². The predicted octanol–water partition coefficient (Wildman–Crippen LogP) is 3.94. The molecule has 3 aromatic rings. The lowest BCUT2D eigenvalue weighted by Gasteiger charge is -2.46. The summed E-state index contributed by atoms with van der Waals surface area (Å²) in [5.74, 6) is 0.423. The Kier molecular flexibility index (Phi) is 5.49. The molecule has 2 atom stereocenters. The highest BCUT2D eigenvalue weighted by molar-refractivity contribution is 6.05. The molecule has 2 unspecified atom stereocenters. The van der Waals surface area contributed by atoms with Gasteiger partial charge in [0.25, 0.3) is 5.91 Å². The van der Waals surface area contributed by atoms with Crippen molar-refractivity contribution in [1.29, 1.82) is 0 Å². The van der Waals surface area contributed by atoms with Crippen LogP contribution in [-0.4, -0.2) is 37.3 Å². The molecule has 1 amide bonds. The van der Waals surface area contributed by atoms with Crippen molar-refractivity contribution in [2.75, 3.05) is 19.1 Å². The second-order valence-corrected chi connectivity index (χ2v) is 6.97. The van der Waals surface area contributed by atoms with Gasteiger partial charge in [-0.25, -0.2) is 4.79 Å². The Morgan fingerprint density at radius 3 is 2.19 bits per heavy atom. The number of anilines is 1. The summed E-state index contributed by atoms with van der Waals surface area (Å²) in [6.45, 7) is 0. The minimum Gasteiger partial charge on any atom is -0.493 e. The van der Waals surface area contributed by atoms with Crippen LogP contribution in [0.15, 0.2) is 72.8 Å². The topological polar surface area (TPSA) is 85.3 Å². The van der Waals surface area contributed by atoms with Crippen LogP contribution in [0.5, 0.6) is 17.2 Å². The number of ether oxygens (including phenoxy) is 3. The van der Waals surface area contributed by atoms with E-state index in [0.29, 0.717) is 22.9 Å². The lowest BCUT2D eigenvalue weighted by atomic mass is 9.89. The molecule has 0 aromatic heterocycles. The first-order valence-electron chi connectivity index (χ1n) is 9.63. The van der Waals surface area contributed by atoms with Crippen molar-refractivity contribution in [3.8, 4) is 17.2 Å². The second kappa shape index (κ2) is 8.39. The van der Waals surface area contributed by atoms with Gasteiger partial charge in [-0.3, -0.25) is 9.69 Å². The molecule has 158 valence electrons. The van der Waals surface area contributed by atoms with E-state index in [1.807, 2.05) is 18.2 Å². The van der Waals surface area contributed by atoms with Crippen LogP contribution >= 0.6 is 0 Å². The van der Waals surface area contributed by atoms with Crippen LogP contribution in [0.2, 0.25) is 0 Å². The third kappa shape index (κ3) is 3.77. The molecule has 0 bridgehead atoms. The SMILES string of the molecule is COc1ccc(N2C(=O)C(Oc3ccccc3)C2c2ccc(C(=O)O)cc2)cc1OC. The smallest absolute Gasteiger partial charge is 0.335 e. The van der Waals surface area contributed by atoms with Crippen molar-refractivity contribution in [2.24, 2.45) is 0 Å². The summed E-state index contributed by atoms with van der Waals surface area (Å²) in [5.41, 5.74) is 1.57. The summed E-state index contributed by atoms with van der Waals surface area (Å²) < 4.78 is 16.7. The van der Waals surface area contributed by atoms with Gasteiger partial charge in [0.1, 0.15) is 11.8 Å². The normalized spacial score (nSPS) is 17.6. The van der Waals surface area contributed by atoms with Gasteiger partial charge in [0.2, 0.25) is 6.10 Å². The molecular weight excluding hydrogens is 398 g/mol. The van der Waals surface area contributed by atoms with Gasteiger partial charge in [-0.2, -0.15) is 0 Å². The average molecular weight is 419 g/mol. The van der Waals surface area contributed by atoms with Crippen molar-refractivity contribution < 1.29 is 28.9 Å². The van der Waals surface area contributed by atoms with Gasteiger partial charge >= 0.3 is 5.97 Å². The first kappa shape index (κ1) is 20.3. The summed E-state index contributed by atoms with van der Waals surface area (Å²) in [7, 11) is 3.08. The monoisotopic (exact) mass is 419 g/mol. The Morgan fingerprint density at radius 1 is 0.903 bits per heavy atom. The predicted molar refractivity (Wildman–Crippen MR) is 114 cm³/mol. The number of carbonyl (C=O) groups is 2. The first-order valence-corrected chi connectivity index (χ1v) is 9.63. The number of para-hydroxylation sites is 1. The van der Waals surface area contributed by atoms with E-state index in [9.17, 15) is 14.7 Å². The zero-order chi connectivity index (χ0) is 22.0. The summed E-state index contributed by atoms with van der Waals surface area (Å²) in [6.07, 6.45) is -0.744. The zero-order valence-electron chi connectivity index (χ0n) is 17.0. The fourth-order valence-corrected chi connectivity index (χ4v) is 3.63. The fraction of sp³-hybridized carbons (Fsp3) is 0.167. The average Bonchev–Trinajstić information content (AvgIpc) is 2.81. The Morgan fingerprint density at radius 2 is 1.58 bits per heavy atom. The van der Waals surface area contributed by atoms with E-state index < -0.39 is 18.1 Å². The van der Waals surface area contributed by atoms with Crippen LogP contribution in [0.1, 0.15) is 22.0 Å². The van der Waals surface area contributed by atoms with Gasteiger partial charge in [0.15, 0.2) is 11.5 Å². The van der Waals surface area contributed by atoms with Gasteiger partial charge < -0.3 is 19.3 Å². The molecule has 7 nitrogen and oxygen atoms in total. The van der Waals surface area contributed by atoms with Crippen molar-refractivity contribution in [3.63, 3.8) is 0 Å². The molecule has 0 saturated carbocycles. The lowest BCUT2D eigenvalue weighted by molar-refractivity contribution is -0.135. The maximum atomic E-state index is 13.1. The van der Waals surface area contributed by atoms with Gasteiger partial charge in [-0.1, -0.05) is 30.3 Å². The van der Waals surface area contributed by atoms with Crippen LogP contribution in [-0.2, 0) is 4.79 Å². The standard InChI is InChI=1S/C24H21NO6/c1-29-19-13-12-17(14-20(19)30-2)25-21(15-8-10-16(11-9-15)24(27)28)22(23(25)26)31-18-6-4-3-5-7-18/h3-14,21-22H,1-2H3,(H,27,28). The molecule has 0 spiro atoms. The number of nitrogens with zero attached hydrogens (tertiary/aromatic N) is 1. The highest BCUT2D eigenvalue weighted by atomic mass is 16.5. The minimum absolute atomic E-state index is 0.174. The van der Waals surface area contributed by atoms with Crippen LogP contribution in [0, 0.1) is 0 Å². The molecule has 0 radical (unpaired) electrons. The molecule has 31 heavy (non-hydrogen) atoms. The van der Waals surface area contributed by atoms with Crippen molar-refractivity contribution in [2.45, 2.75) is 12.1 Å². The molecule has 1 saturated heterocycles. The first-order chi connectivity index (χ1) is 15.0. The molecule has 1 N–H and O–H groups in total. The van der Waals surface area contributed by atoms with Crippen molar-refractivity contribution >= 4 is 17.6 Å². The number of amides is 1. The number of benzene rings is 3. The summed E-state index contributed by atoms with van der Waals surface area (Å²) >= 11 is 0. The number of hydrogen-bond acceptors (Lipinski definition) is 5. The molecule has 1 aliphatic heterocycles. The van der Waals surface area contributed by atoms with Crippen LogP contribution < -0.4 is 19.1 Å². The summed E-state index contributed by atoms with van der Waals surface area (Å²) in [4.78, 5) is 26.0. The summed E-state index contributed by atoms with van der Waals surface area (Å²) in [5, 5.41) is 9.20. The number of β-lactam (4-membered cyclic amide) rings is 1. The number of carboxylic acid groups (broad SMARTS) is 1. The number of carboxylic acids is 1. The Hall–Kier alpha value is -4.00. The van der Waals surface area contributed by atoms with Crippen molar-refractivity contribution in [1.82, 2.24) is 0 Å². The quantitative estimate of drug-likeness (QED) is 0.584. The number of hydrogen-bond donors (Lipinski definition) is 1. The molecule has 0 aliphatic carbocycles. The maximum Gasteiger partial charge on any atom is 0.335 e. The number of rotatable bonds is 7. The Bertz CT molecular complexity index is 1100. The maximum absolute atomic E-state index is 13.1. The van der Waals surface area contributed by atoms with Crippen LogP contribution in [0.4, 0.5) is 5.69 Å². The van der Waals surface area contributed by atoms with Crippen molar-refractivity contribution in [3.05, 3.63) is 83.9 Å². The molecule has 1 aliphatic rings. The van der Waals surface area contributed by atoms with Gasteiger partial charge in [-0.15, -0.1) is 0 Å². The summed E-state index contributed by atoms with van der Waals surface area (Å²) in [6, 6.07) is 20.4. The highest BCUT2D eigenvalue weighted by Crippen LogP contribution is 2.43. The minimum atomic E-state index is -1.01. The van der Waals surface area contributed by atoms with E-state index in [4.69, 9.17) is 14.2 Å².